The third kappa shape index (κ3) is 5.85. The maximum Gasteiger partial charge on any atom is 0.461 e. The number of hydrogen-bond donors (Lipinski definition) is 0. The van der Waals surface area contributed by atoms with Gasteiger partial charge in [0.15, 0.2) is 0 Å². The Labute approximate surface area is 119 Å². The summed E-state index contributed by atoms with van der Waals surface area (Å²) in [6.07, 6.45) is -5.49. The lowest BCUT2D eigenvalue weighted by atomic mass is 10.2. The van der Waals surface area contributed by atoms with Crippen molar-refractivity contribution < 1.29 is 31.8 Å². The molecule has 0 radical (unpaired) electrons. The molecule has 7 heteroatoms. The predicted octanol–water partition coefficient (Wildman–Crippen LogP) is 3.89. The minimum atomic E-state index is -4.55. The molecule has 0 amide bonds. The molecule has 1 aromatic rings. The van der Waals surface area contributed by atoms with Gasteiger partial charge in [0.05, 0.1) is 13.0 Å². The molecule has 0 spiro atoms. The van der Waals surface area contributed by atoms with E-state index < -0.39 is 24.3 Å². The Kier molecular flexibility index (Phi) is 6.20. The standard InChI is InChI=1S/C14H14F4O3/c1-2-20-12(19)8-4-6-10-5-3-7-11(9-10)21-14(17,18)13(15)16/h3-7,9,13H,2,8H2,1H3. The first-order valence-electron chi connectivity index (χ1n) is 6.12. The second-order valence-corrected chi connectivity index (χ2v) is 3.95. The molecule has 0 saturated heterocycles. The molecule has 0 aromatic heterocycles. The summed E-state index contributed by atoms with van der Waals surface area (Å²) in [6, 6.07) is 5.23. The predicted molar refractivity (Wildman–Crippen MR) is 68.3 cm³/mol. The smallest absolute Gasteiger partial charge is 0.461 e. The fourth-order valence-corrected chi connectivity index (χ4v) is 1.39. The topological polar surface area (TPSA) is 35.5 Å². The quantitative estimate of drug-likeness (QED) is 0.566. The summed E-state index contributed by atoms with van der Waals surface area (Å²) < 4.78 is 58.2. The van der Waals surface area contributed by atoms with Crippen LogP contribution in [0.3, 0.4) is 0 Å². The zero-order valence-electron chi connectivity index (χ0n) is 11.2. The van der Waals surface area contributed by atoms with E-state index in [1.54, 1.807) is 13.0 Å². The number of alkyl halides is 4. The van der Waals surface area contributed by atoms with Crippen LogP contribution in [0.2, 0.25) is 0 Å². The average molecular weight is 306 g/mol. The monoisotopic (exact) mass is 306 g/mol. The number of halogens is 4. The van der Waals surface area contributed by atoms with Gasteiger partial charge in [0.25, 0.3) is 0 Å². The van der Waals surface area contributed by atoms with Crippen molar-refractivity contribution in [1.82, 2.24) is 0 Å². The largest absolute Gasteiger partial charge is 0.466 e. The summed E-state index contributed by atoms with van der Waals surface area (Å²) >= 11 is 0. The van der Waals surface area contributed by atoms with Crippen molar-refractivity contribution in [2.45, 2.75) is 25.9 Å². The van der Waals surface area contributed by atoms with Crippen LogP contribution in [0.4, 0.5) is 17.6 Å². The molecule has 0 aliphatic heterocycles. The fraction of sp³-hybridized carbons (Fsp3) is 0.357. The van der Waals surface area contributed by atoms with Crippen molar-refractivity contribution in [3.8, 4) is 5.75 Å². The van der Waals surface area contributed by atoms with Gasteiger partial charge in [-0.15, -0.1) is 0 Å². The highest BCUT2D eigenvalue weighted by molar-refractivity contribution is 5.72. The van der Waals surface area contributed by atoms with Crippen LogP contribution in [0, 0.1) is 0 Å². The summed E-state index contributed by atoms with van der Waals surface area (Å²) in [6.45, 7) is 1.93. The van der Waals surface area contributed by atoms with E-state index in [1.807, 2.05) is 0 Å². The second-order valence-electron chi connectivity index (χ2n) is 3.95. The SMILES string of the molecule is CCOC(=O)CC=Cc1cccc(OC(F)(F)C(F)F)c1. The van der Waals surface area contributed by atoms with Gasteiger partial charge in [-0.1, -0.05) is 24.3 Å². The summed E-state index contributed by atoms with van der Waals surface area (Å²) in [4.78, 5) is 11.1. The molecule has 1 aromatic carbocycles. The molecule has 0 aliphatic carbocycles. The highest BCUT2D eigenvalue weighted by Crippen LogP contribution is 2.28. The third-order valence-corrected chi connectivity index (χ3v) is 2.27. The zero-order valence-corrected chi connectivity index (χ0v) is 11.2. The van der Waals surface area contributed by atoms with E-state index in [0.717, 1.165) is 12.1 Å². The van der Waals surface area contributed by atoms with E-state index in [1.165, 1.54) is 18.2 Å². The first-order chi connectivity index (χ1) is 9.85. The lowest BCUT2D eigenvalue weighted by molar-refractivity contribution is -0.253. The molecular formula is C14H14F4O3. The first kappa shape index (κ1) is 17.0. The molecule has 1 rings (SSSR count). The number of carbonyl (C=O) groups excluding carboxylic acids is 1. The molecular weight excluding hydrogens is 292 g/mol. The van der Waals surface area contributed by atoms with Gasteiger partial charge in [-0.2, -0.15) is 17.6 Å². The van der Waals surface area contributed by atoms with Crippen LogP contribution in [-0.4, -0.2) is 25.1 Å². The Hall–Kier alpha value is -2.05. The van der Waals surface area contributed by atoms with Crippen LogP contribution in [0.1, 0.15) is 18.9 Å². The van der Waals surface area contributed by atoms with E-state index in [9.17, 15) is 22.4 Å². The number of ether oxygens (including phenoxy) is 2. The normalized spacial score (nSPS) is 11.9. The maximum atomic E-state index is 12.8. The third-order valence-electron chi connectivity index (χ3n) is 2.27. The highest BCUT2D eigenvalue weighted by atomic mass is 19.3. The summed E-state index contributed by atoms with van der Waals surface area (Å²) in [5, 5.41) is 0. The Morgan fingerprint density at radius 1 is 1.38 bits per heavy atom. The van der Waals surface area contributed by atoms with Gasteiger partial charge in [-0.25, -0.2) is 0 Å². The van der Waals surface area contributed by atoms with Crippen molar-refractivity contribution in [2.75, 3.05) is 6.61 Å². The lowest BCUT2D eigenvalue weighted by Crippen LogP contribution is -2.33. The van der Waals surface area contributed by atoms with Gasteiger partial charge in [0.1, 0.15) is 5.75 Å². The Balaban J connectivity index is 2.68. The summed E-state index contributed by atoms with van der Waals surface area (Å²) in [5.41, 5.74) is 0.432. The lowest BCUT2D eigenvalue weighted by Gasteiger charge is -2.16. The van der Waals surface area contributed by atoms with Gasteiger partial charge in [0, 0.05) is 0 Å². The van der Waals surface area contributed by atoms with Crippen LogP contribution in [-0.2, 0) is 9.53 Å². The van der Waals surface area contributed by atoms with E-state index >= 15 is 0 Å². The average Bonchev–Trinajstić information content (AvgIpc) is 2.38. The van der Waals surface area contributed by atoms with Crippen molar-refractivity contribution in [1.29, 1.82) is 0 Å². The van der Waals surface area contributed by atoms with Crippen LogP contribution >= 0.6 is 0 Å². The second kappa shape index (κ2) is 7.66. The fourth-order valence-electron chi connectivity index (χ4n) is 1.39. The van der Waals surface area contributed by atoms with Crippen LogP contribution in [0.25, 0.3) is 6.08 Å². The molecule has 3 nitrogen and oxygen atoms in total. The van der Waals surface area contributed by atoms with Gasteiger partial charge >= 0.3 is 18.5 Å². The molecule has 0 aliphatic rings. The Morgan fingerprint density at radius 3 is 2.71 bits per heavy atom. The van der Waals surface area contributed by atoms with Crippen molar-refractivity contribution in [2.24, 2.45) is 0 Å². The number of hydrogen-bond acceptors (Lipinski definition) is 3. The molecule has 0 N–H and O–H groups in total. The summed E-state index contributed by atoms with van der Waals surface area (Å²) in [7, 11) is 0. The van der Waals surface area contributed by atoms with Crippen LogP contribution in [0.5, 0.6) is 5.75 Å². The molecule has 0 saturated carbocycles. The molecule has 0 heterocycles. The minimum absolute atomic E-state index is 0.0200. The number of carbonyl (C=O) groups is 1. The number of esters is 1. The van der Waals surface area contributed by atoms with Gasteiger partial charge in [-0.3, -0.25) is 4.79 Å². The Morgan fingerprint density at radius 2 is 2.10 bits per heavy atom. The molecule has 21 heavy (non-hydrogen) atoms. The molecule has 0 atom stereocenters. The highest BCUT2D eigenvalue weighted by Gasteiger charge is 2.43. The number of rotatable bonds is 7. The summed E-state index contributed by atoms with van der Waals surface area (Å²) in [5.74, 6) is -0.816. The first-order valence-corrected chi connectivity index (χ1v) is 6.12. The van der Waals surface area contributed by atoms with E-state index in [4.69, 9.17) is 4.74 Å². The van der Waals surface area contributed by atoms with Crippen molar-refractivity contribution in [3.05, 3.63) is 35.9 Å². The molecule has 116 valence electrons. The van der Waals surface area contributed by atoms with Gasteiger partial charge < -0.3 is 9.47 Å². The maximum absolute atomic E-state index is 12.8. The van der Waals surface area contributed by atoms with Crippen LogP contribution < -0.4 is 4.74 Å². The number of benzene rings is 1. The molecule has 0 bridgehead atoms. The molecule has 0 unspecified atom stereocenters. The molecule has 0 fully saturated rings. The minimum Gasteiger partial charge on any atom is -0.466 e. The van der Waals surface area contributed by atoms with E-state index in [2.05, 4.69) is 4.74 Å². The van der Waals surface area contributed by atoms with Crippen molar-refractivity contribution >= 4 is 12.0 Å². The van der Waals surface area contributed by atoms with Gasteiger partial charge in [-0.05, 0) is 24.6 Å². The Bertz CT molecular complexity index is 501. The zero-order chi connectivity index (χ0) is 15.9. The van der Waals surface area contributed by atoms with E-state index in [-0.39, 0.29) is 13.0 Å². The van der Waals surface area contributed by atoms with Crippen molar-refractivity contribution in [3.63, 3.8) is 0 Å². The van der Waals surface area contributed by atoms with E-state index in [0.29, 0.717) is 5.56 Å². The van der Waals surface area contributed by atoms with Gasteiger partial charge in [0.2, 0.25) is 0 Å². The van der Waals surface area contributed by atoms with Crippen LogP contribution in [0.15, 0.2) is 30.3 Å².